The predicted molar refractivity (Wildman–Crippen MR) is 82.3 cm³/mol. The van der Waals surface area contributed by atoms with E-state index in [0.29, 0.717) is 25.6 Å². The van der Waals surface area contributed by atoms with Gasteiger partial charge in [0.05, 0.1) is 6.61 Å². The van der Waals surface area contributed by atoms with Gasteiger partial charge in [-0.2, -0.15) is 17.0 Å². The molecule has 0 radical (unpaired) electrons. The van der Waals surface area contributed by atoms with Gasteiger partial charge in [-0.25, -0.2) is 0 Å². The Kier molecular flexibility index (Phi) is 7.75. The van der Waals surface area contributed by atoms with Gasteiger partial charge in [0.25, 0.3) is 10.2 Å². The van der Waals surface area contributed by atoms with E-state index in [0.717, 1.165) is 25.7 Å². The zero-order chi connectivity index (χ0) is 15.2. The fourth-order valence-corrected chi connectivity index (χ4v) is 5.01. The molecule has 0 aliphatic carbocycles. The number of nitrogens with zero attached hydrogens (tertiary/aromatic N) is 2. The first-order valence-corrected chi connectivity index (χ1v) is 9.25. The fourth-order valence-electron chi connectivity index (χ4n) is 2.51. The quantitative estimate of drug-likeness (QED) is 0.642. The molecule has 2 unspecified atom stereocenters. The van der Waals surface area contributed by atoms with Crippen molar-refractivity contribution < 1.29 is 13.2 Å². The summed E-state index contributed by atoms with van der Waals surface area (Å²) < 4.78 is 34.0. The highest BCUT2D eigenvalue weighted by atomic mass is 35.5. The Labute approximate surface area is 128 Å². The molecule has 0 aromatic heterocycles. The van der Waals surface area contributed by atoms with Crippen LogP contribution in [0.4, 0.5) is 0 Å². The number of hydrogen-bond acceptors (Lipinski definition) is 3. The van der Waals surface area contributed by atoms with Crippen LogP contribution in [0.3, 0.4) is 0 Å². The summed E-state index contributed by atoms with van der Waals surface area (Å²) in [4.78, 5) is 0. The molecule has 0 spiro atoms. The van der Waals surface area contributed by atoms with E-state index in [2.05, 4.69) is 0 Å². The van der Waals surface area contributed by atoms with Crippen LogP contribution in [0.2, 0.25) is 0 Å². The third kappa shape index (κ3) is 4.31. The maximum Gasteiger partial charge on any atom is 0.282 e. The SMILES string of the molecule is CCC(C)N(CCOC)S(=O)(=O)N1CCCCC1CCl. The monoisotopic (exact) mass is 326 g/mol. The van der Waals surface area contributed by atoms with Gasteiger partial charge < -0.3 is 4.74 Å². The van der Waals surface area contributed by atoms with Crippen molar-refractivity contribution >= 4 is 21.8 Å². The van der Waals surface area contributed by atoms with E-state index in [1.54, 1.807) is 15.7 Å². The molecule has 1 aliphatic rings. The molecule has 0 N–H and O–H groups in total. The topological polar surface area (TPSA) is 49.9 Å². The van der Waals surface area contributed by atoms with Crippen molar-refractivity contribution in [2.75, 3.05) is 32.7 Å². The van der Waals surface area contributed by atoms with Crippen molar-refractivity contribution in [1.82, 2.24) is 8.61 Å². The molecule has 0 aromatic rings. The Morgan fingerprint density at radius 1 is 1.45 bits per heavy atom. The first kappa shape index (κ1) is 18.2. The van der Waals surface area contributed by atoms with E-state index in [4.69, 9.17) is 16.3 Å². The third-order valence-corrected chi connectivity index (χ3v) is 6.51. The second-order valence-corrected chi connectivity index (χ2v) is 7.43. The molecule has 0 aromatic carbocycles. The lowest BCUT2D eigenvalue weighted by Crippen LogP contribution is -2.54. The first-order valence-electron chi connectivity index (χ1n) is 7.32. The van der Waals surface area contributed by atoms with Crippen LogP contribution in [-0.2, 0) is 14.9 Å². The van der Waals surface area contributed by atoms with Crippen LogP contribution in [0.5, 0.6) is 0 Å². The molecular formula is C13H27ClN2O3S. The minimum atomic E-state index is -3.47. The maximum atomic E-state index is 12.9. The van der Waals surface area contributed by atoms with E-state index in [9.17, 15) is 8.42 Å². The van der Waals surface area contributed by atoms with Crippen LogP contribution in [-0.4, -0.2) is 61.8 Å². The molecule has 2 atom stereocenters. The minimum Gasteiger partial charge on any atom is -0.383 e. The summed E-state index contributed by atoms with van der Waals surface area (Å²) >= 11 is 5.95. The van der Waals surface area contributed by atoms with Gasteiger partial charge in [0.15, 0.2) is 0 Å². The molecule has 1 heterocycles. The van der Waals surface area contributed by atoms with Crippen molar-refractivity contribution in [2.24, 2.45) is 0 Å². The van der Waals surface area contributed by atoms with Crippen LogP contribution in [0, 0.1) is 0 Å². The van der Waals surface area contributed by atoms with Crippen molar-refractivity contribution in [3.63, 3.8) is 0 Å². The normalized spacial score (nSPS) is 23.1. The average Bonchev–Trinajstić information content (AvgIpc) is 2.46. The highest BCUT2D eigenvalue weighted by molar-refractivity contribution is 7.86. The molecule has 0 bridgehead atoms. The van der Waals surface area contributed by atoms with Crippen LogP contribution in [0.15, 0.2) is 0 Å². The van der Waals surface area contributed by atoms with Gasteiger partial charge in [0.1, 0.15) is 0 Å². The Morgan fingerprint density at radius 2 is 2.15 bits per heavy atom. The van der Waals surface area contributed by atoms with Gasteiger partial charge in [-0.1, -0.05) is 13.3 Å². The second kappa shape index (κ2) is 8.54. The zero-order valence-corrected chi connectivity index (χ0v) is 14.3. The van der Waals surface area contributed by atoms with Crippen molar-refractivity contribution in [2.45, 2.75) is 51.6 Å². The van der Waals surface area contributed by atoms with Crippen LogP contribution < -0.4 is 0 Å². The summed E-state index contributed by atoms with van der Waals surface area (Å²) in [7, 11) is -1.88. The van der Waals surface area contributed by atoms with E-state index in [1.165, 1.54) is 0 Å². The predicted octanol–water partition coefficient (Wildman–Crippen LogP) is 2.07. The second-order valence-electron chi connectivity index (χ2n) is 5.28. The summed E-state index contributed by atoms with van der Waals surface area (Å²) in [5.41, 5.74) is 0. The number of ether oxygens (including phenoxy) is 1. The molecule has 1 aliphatic heterocycles. The zero-order valence-electron chi connectivity index (χ0n) is 12.7. The molecular weight excluding hydrogens is 300 g/mol. The number of alkyl halides is 1. The van der Waals surface area contributed by atoms with Crippen LogP contribution in [0.25, 0.3) is 0 Å². The summed E-state index contributed by atoms with van der Waals surface area (Å²) in [6.07, 6.45) is 3.58. The molecule has 7 heteroatoms. The fraction of sp³-hybridized carbons (Fsp3) is 1.00. The van der Waals surface area contributed by atoms with Crippen molar-refractivity contribution in [3.05, 3.63) is 0 Å². The molecule has 0 saturated carbocycles. The lowest BCUT2D eigenvalue weighted by molar-refractivity contribution is 0.158. The van der Waals surface area contributed by atoms with E-state index >= 15 is 0 Å². The summed E-state index contributed by atoms with van der Waals surface area (Å²) in [6, 6.07) is -0.113. The Hall–Kier alpha value is 0.120. The van der Waals surface area contributed by atoms with Gasteiger partial charge in [0, 0.05) is 38.2 Å². The Bertz CT molecular complexity index is 378. The number of piperidine rings is 1. The molecule has 0 amide bonds. The molecule has 120 valence electrons. The van der Waals surface area contributed by atoms with Crippen molar-refractivity contribution in [3.8, 4) is 0 Å². The maximum absolute atomic E-state index is 12.9. The third-order valence-electron chi connectivity index (χ3n) is 3.94. The van der Waals surface area contributed by atoms with Gasteiger partial charge in [-0.15, -0.1) is 11.6 Å². The number of hydrogen-bond donors (Lipinski definition) is 0. The Balaban J connectivity index is 2.95. The van der Waals surface area contributed by atoms with E-state index < -0.39 is 10.2 Å². The highest BCUT2D eigenvalue weighted by Crippen LogP contribution is 2.25. The minimum absolute atomic E-state index is 0.0342. The largest absolute Gasteiger partial charge is 0.383 e. The Morgan fingerprint density at radius 3 is 2.70 bits per heavy atom. The lowest BCUT2D eigenvalue weighted by Gasteiger charge is -2.39. The smallest absolute Gasteiger partial charge is 0.282 e. The van der Waals surface area contributed by atoms with E-state index in [-0.39, 0.29) is 12.1 Å². The van der Waals surface area contributed by atoms with E-state index in [1.807, 2.05) is 13.8 Å². The number of methoxy groups -OCH3 is 1. The molecule has 1 rings (SSSR count). The summed E-state index contributed by atoms with van der Waals surface area (Å²) in [5, 5.41) is 0. The van der Waals surface area contributed by atoms with Crippen molar-refractivity contribution in [1.29, 1.82) is 0 Å². The highest BCUT2D eigenvalue weighted by Gasteiger charge is 2.37. The molecule has 1 fully saturated rings. The van der Waals surface area contributed by atoms with Crippen LogP contribution >= 0.6 is 11.6 Å². The van der Waals surface area contributed by atoms with Gasteiger partial charge in [-0.05, 0) is 26.2 Å². The van der Waals surface area contributed by atoms with Gasteiger partial charge >= 0.3 is 0 Å². The number of halogens is 1. The summed E-state index contributed by atoms with van der Waals surface area (Å²) in [6.45, 7) is 5.30. The molecule has 5 nitrogen and oxygen atoms in total. The standard InChI is InChI=1S/C13H27ClN2O3S/c1-4-12(2)15(9-10-19-3)20(17,18)16-8-6-5-7-13(16)11-14/h12-13H,4-11H2,1-3H3. The lowest BCUT2D eigenvalue weighted by atomic mass is 10.1. The van der Waals surface area contributed by atoms with Gasteiger partial charge in [0.2, 0.25) is 0 Å². The molecule has 1 saturated heterocycles. The molecule has 20 heavy (non-hydrogen) atoms. The first-order chi connectivity index (χ1) is 9.48. The number of rotatable bonds is 8. The van der Waals surface area contributed by atoms with Gasteiger partial charge in [-0.3, -0.25) is 0 Å². The summed E-state index contributed by atoms with van der Waals surface area (Å²) in [5.74, 6) is 0.359. The average molecular weight is 327 g/mol. The van der Waals surface area contributed by atoms with Crippen LogP contribution in [0.1, 0.15) is 39.5 Å².